The van der Waals surface area contributed by atoms with Crippen LogP contribution in [0.2, 0.25) is 0 Å². The Morgan fingerprint density at radius 2 is 1.95 bits per heavy atom. The number of rotatable bonds is 6. The van der Waals surface area contributed by atoms with Gasteiger partial charge in [0, 0.05) is 35.8 Å². The fraction of sp³-hybridized carbons (Fsp3) is 0.200. The lowest BCUT2D eigenvalue weighted by molar-refractivity contribution is 0.628. The summed E-state index contributed by atoms with van der Waals surface area (Å²) in [6.07, 6.45) is 0.929. The molecular weight excluding hydrogens is 305 g/mol. The molecule has 0 aliphatic heterocycles. The van der Waals surface area contributed by atoms with Gasteiger partial charge in [-0.05, 0) is 24.3 Å². The Kier molecular flexibility index (Phi) is 4.69. The molecule has 1 N–H and O–H groups in total. The minimum atomic E-state index is -0.223. The Labute approximate surface area is 130 Å². The third-order valence-corrected chi connectivity index (χ3v) is 4.57. The number of hydrogen-bond donors (Lipinski definition) is 1. The van der Waals surface area contributed by atoms with Crippen molar-refractivity contribution in [3.05, 3.63) is 57.7 Å². The monoisotopic (exact) mass is 319 g/mol. The Bertz CT molecular complexity index is 677. The highest BCUT2D eigenvalue weighted by molar-refractivity contribution is 7.13. The second kappa shape index (κ2) is 6.89. The normalized spacial score (nSPS) is 10.9. The molecule has 0 fully saturated rings. The number of nitrogens with one attached hydrogen (secondary N) is 1. The first-order chi connectivity index (χ1) is 10.3. The number of aromatic nitrogens is 2. The third-order valence-electron chi connectivity index (χ3n) is 2.99. The van der Waals surface area contributed by atoms with Gasteiger partial charge in [0.25, 0.3) is 0 Å². The summed E-state index contributed by atoms with van der Waals surface area (Å²) in [6, 6.07) is 6.44. The molecule has 2 heterocycles. The summed E-state index contributed by atoms with van der Waals surface area (Å²) in [5.74, 6) is -0.223. The Balaban J connectivity index is 1.52. The summed E-state index contributed by atoms with van der Waals surface area (Å²) in [4.78, 5) is 8.81. The van der Waals surface area contributed by atoms with Crippen LogP contribution >= 0.6 is 22.7 Å². The van der Waals surface area contributed by atoms with Crippen LogP contribution in [0, 0.1) is 5.82 Å². The van der Waals surface area contributed by atoms with Gasteiger partial charge in [-0.2, -0.15) is 0 Å². The Morgan fingerprint density at radius 3 is 2.71 bits per heavy atom. The fourth-order valence-corrected chi connectivity index (χ4v) is 3.33. The average Bonchev–Trinajstić information content (AvgIpc) is 3.16. The second-order valence-electron chi connectivity index (χ2n) is 4.56. The van der Waals surface area contributed by atoms with Gasteiger partial charge in [-0.15, -0.1) is 22.7 Å². The van der Waals surface area contributed by atoms with E-state index < -0.39 is 0 Å². The van der Waals surface area contributed by atoms with Crippen LogP contribution in [0.5, 0.6) is 0 Å². The topological polar surface area (TPSA) is 37.8 Å². The molecule has 3 aromatic rings. The quantitative estimate of drug-likeness (QED) is 0.703. The van der Waals surface area contributed by atoms with Crippen molar-refractivity contribution in [2.45, 2.75) is 13.0 Å². The van der Waals surface area contributed by atoms with Gasteiger partial charge in [0.2, 0.25) is 0 Å². The van der Waals surface area contributed by atoms with Gasteiger partial charge in [0.15, 0.2) is 0 Å². The number of thiazole rings is 2. The molecule has 21 heavy (non-hydrogen) atoms. The number of benzene rings is 1. The van der Waals surface area contributed by atoms with Gasteiger partial charge < -0.3 is 5.32 Å². The van der Waals surface area contributed by atoms with E-state index in [0.29, 0.717) is 0 Å². The van der Waals surface area contributed by atoms with E-state index in [1.54, 1.807) is 34.8 Å². The molecule has 0 atom stereocenters. The number of halogens is 1. The van der Waals surface area contributed by atoms with Gasteiger partial charge in [-0.1, -0.05) is 0 Å². The van der Waals surface area contributed by atoms with E-state index in [9.17, 15) is 4.39 Å². The highest BCUT2D eigenvalue weighted by atomic mass is 32.1. The predicted molar refractivity (Wildman–Crippen MR) is 85.0 cm³/mol. The maximum atomic E-state index is 12.9. The third kappa shape index (κ3) is 3.93. The van der Waals surface area contributed by atoms with E-state index in [2.05, 4.69) is 20.7 Å². The summed E-state index contributed by atoms with van der Waals surface area (Å²) < 4.78 is 12.9. The van der Waals surface area contributed by atoms with Crippen molar-refractivity contribution >= 4 is 22.7 Å². The Morgan fingerprint density at radius 1 is 1.10 bits per heavy atom. The zero-order valence-electron chi connectivity index (χ0n) is 11.3. The molecule has 6 heteroatoms. The fourth-order valence-electron chi connectivity index (χ4n) is 1.91. The molecule has 0 saturated heterocycles. The van der Waals surface area contributed by atoms with Crippen molar-refractivity contribution in [3.63, 3.8) is 0 Å². The average molecular weight is 319 g/mol. The molecule has 3 rings (SSSR count). The largest absolute Gasteiger partial charge is 0.311 e. The summed E-state index contributed by atoms with van der Waals surface area (Å²) in [5, 5.41) is 8.39. The lowest BCUT2D eigenvalue weighted by atomic mass is 10.2. The predicted octanol–water partition coefficient (Wildman–Crippen LogP) is 3.74. The van der Waals surface area contributed by atoms with Gasteiger partial charge in [0.1, 0.15) is 10.8 Å². The molecule has 108 valence electrons. The maximum Gasteiger partial charge on any atom is 0.123 e. The van der Waals surface area contributed by atoms with Gasteiger partial charge >= 0.3 is 0 Å². The standard InChI is InChI=1S/C15H14FN3S2/c16-12-3-1-11(2-4-12)15-19-14(9-21-15)7-17-6-5-13-8-20-10-18-13/h1-4,8-10,17H,5-7H2. The molecule has 0 aliphatic rings. The first-order valence-electron chi connectivity index (χ1n) is 6.59. The minimum Gasteiger partial charge on any atom is -0.311 e. The van der Waals surface area contributed by atoms with Crippen LogP contribution in [0.25, 0.3) is 10.6 Å². The van der Waals surface area contributed by atoms with Gasteiger partial charge in [-0.3, -0.25) is 0 Å². The number of nitrogens with zero attached hydrogens (tertiary/aromatic N) is 2. The zero-order valence-corrected chi connectivity index (χ0v) is 12.9. The lowest BCUT2D eigenvalue weighted by Crippen LogP contribution is -2.16. The van der Waals surface area contributed by atoms with Crippen LogP contribution in [-0.4, -0.2) is 16.5 Å². The maximum absolute atomic E-state index is 12.9. The zero-order chi connectivity index (χ0) is 14.5. The van der Waals surface area contributed by atoms with Gasteiger partial charge in [0.05, 0.1) is 16.9 Å². The van der Waals surface area contributed by atoms with Crippen LogP contribution in [0.1, 0.15) is 11.4 Å². The van der Waals surface area contributed by atoms with E-state index in [1.807, 2.05) is 10.9 Å². The molecule has 0 spiro atoms. The van der Waals surface area contributed by atoms with Crippen molar-refractivity contribution in [2.24, 2.45) is 0 Å². The van der Waals surface area contributed by atoms with Crippen molar-refractivity contribution in [1.82, 2.24) is 15.3 Å². The SMILES string of the molecule is Fc1ccc(-c2nc(CNCCc3cscn3)cs2)cc1. The summed E-state index contributed by atoms with van der Waals surface area (Å²) >= 11 is 3.20. The van der Waals surface area contributed by atoms with Crippen molar-refractivity contribution in [1.29, 1.82) is 0 Å². The molecule has 0 radical (unpaired) electrons. The van der Waals surface area contributed by atoms with Gasteiger partial charge in [-0.25, -0.2) is 14.4 Å². The van der Waals surface area contributed by atoms with Crippen molar-refractivity contribution in [3.8, 4) is 10.6 Å². The van der Waals surface area contributed by atoms with Crippen LogP contribution in [0.15, 0.2) is 40.5 Å². The van der Waals surface area contributed by atoms with Crippen LogP contribution in [0.4, 0.5) is 4.39 Å². The van der Waals surface area contributed by atoms with Crippen LogP contribution < -0.4 is 5.32 Å². The highest BCUT2D eigenvalue weighted by Crippen LogP contribution is 2.23. The van der Waals surface area contributed by atoms with Crippen molar-refractivity contribution < 1.29 is 4.39 Å². The van der Waals surface area contributed by atoms with Crippen LogP contribution in [0.3, 0.4) is 0 Å². The summed E-state index contributed by atoms with van der Waals surface area (Å²) in [7, 11) is 0. The van der Waals surface area contributed by atoms with E-state index in [0.717, 1.165) is 41.5 Å². The second-order valence-corrected chi connectivity index (χ2v) is 6.13. The first-order valence-corrected chi connectivity index (χ1v) is 8.41. The van der Waals surface area contributed by atoms with Crippen LogP contribution in [-0.2, 0) is 13.0 Å². The molecule has 0 aliphatic carbocycles. The van der Waals surface area contributed by atoms with E-state index in [4.69, 9.17) is 0 Å². The molecule has 0 unspecified atom stereocenters. The van der Waals surface area contributed by atoms with E-state index >= 15 is 0 Å². The lowest BCUT2D eigenvalue weighted by Gasteiger charge is -2.00. The highest BCUT2D eigenvalue weighted by Gasteiger charge is 2.05. The smallest absolute Gasteiger partial charge is 0.123 e. The molecule has 2 aromatic heterocycles. The Hall–Kier alpha value is -1.63. The molecular formula is C15H14FN3S2. The molecule has 0 amide bonds. The molecule has 0 saturated carbocycles. The summed E-state index contributed by atoms with van der Waals surface area (Å²) in [5.41, 5.74) is 4.94. The molecule has 0 bridgehead atoms. The van der Waals surface area contributed by atoms with E-state index in [-0.39, 0.29) is 5.82 Å². The summed E-state index contributed by atoms with van der Waals surface area (Å²) in [6.45, 7) is 1.62. The first kappa shape index (κ1) is 14.3. The molecule has 1 aromatic carbocycles. The number of hydrogen-bond acceptors (Lipinski definition) is 5. The molecule has 3 nitrogen and oxygen atoms in total. The minimum absolute atomic E-state index is 0.223. The van der Waals surface area contributed by atoms with E-state index in [1.165, 1.54) is 12.1 Å². The van der Waals surface area contributed by atoms with Crippen molar-refractivity contribution in [2.75, 3.05) is 6.54 Å².